The molecule has 10 heteroatoms. The smallest absolute Gasteiger partial charge is 0.168 e. The van der Waals surface area contributed by atoms with Gasteiger partial charge < -0.3 is 31.1 Å². The molecule has 22 heavy (non-hydrogen) atoms. The van der Waals surface area contributed by atoms with E-state index < -0.39 is 31.1 Å². The minimum atomic E-state index is -1.20. The third-order valence-electron chi connectivity index (χ3n) is 3.68. The number of aliphatic hydroxyl groups is 3. The normalized spacial score (nSPS) is 28.4. The second-order valence-electron chi connectivity index (χ2n) is 5.00. The Balaban J connectivity index is 2.08. The average molecular weight is 310 g/mol. The van der Waals surface area contributed by atoms with E-state index in [4.69, 9.17) is 10.5 Å². The quantitative estimate of drug-likeness (QED) is 0.429. The van der Waals surface area contributed by atoms with Crippen molar-refractivity contribution in [1.29, 1.82) is 0 Å². The zero-order valence-electron chi connectivity index (χ0n) is 11.9. The number of nitrogens with zero attached hydrogens (tertiary/aromatic N) is 4. The SMILES string of the molecule is CNc1nc(CN)nc2c1ncn2C1O[C@H](CO)[C@@H](O)[C@H]1O. The molecule has 2 aromatic rings. The van der Waals surface area contributed by atoms with Crippen molar-refractivity contribution in [2.75, 3.05) is 19.0 Å². The van der Waals surface area contributed by atoms with Crippen LogP contribution in [-0.4, -0.2) is 66.8 Å². The summed E-state index contributed by atoms with van der Waals surface area (Å²) in [5, 5.41) is 32.1. The lowest BCUT2D eigenvalue weighted by molar-refractivity contribution is -0.0511. The molecule has 2 aromatic heterocycles. The van der Waals surface area contributed by atoms with E-state index in [0.717, 1.165) is 0 Å². The number of nitrogens with two attached hydrogens (primary N) is 1. The van der Waals surface area contributed by atoms with E-state index >= 15 is 0 Å². The summed E-state index contributed by atoms with van der Waals surface area (Å²) in [5.74, 6) is 0.918. The largest absolute Gasteiger partial charge is 0.394 e. The van der Waals surface area contributed by atoms with Crippen LogP contribution in [-0.2, 0) is 11.3 Å². The molecule has 6 N–H and O–H groups in total. The van der Waals surface area contributed by atoms with Gasteiger partial charge in [0.25, 0.3) is 0 Å². The van der Waals surface area contributed by atoms with Gasteiger partial charge in [0.05, 0.1) is 19.5 Å². The zero-order valence-corrected chi connectivity index (χ0v) is 11.9. The van der Waals surface area contributed by atoms with Crippen molar-refractivity contribution in [3.8, 4) is 0 Å². The highest BCUT2D eigenvalue weighted by Crippen LogP contribution is 2.32. The van der Waals surface area contributed by atoms with Crippen molar-refractivity contribution >= 4 is 17.0 Å². The highest BCUT2D eigenvalue weighted by Gasteiger charge is 2.44. The number of hydrogen-bond acceptors (Lipinski definition) is 9. The Kier molecular flexibility index (Phi) is 3.93. The van der Waals surface area contributed by atoms with Gasteiger partial charge in [-0.1, -0.05) is 0 Å². The highest BCUT2D eigenvalue weighted by atomic mass is 16.6. The number of anilines is 1. The predicted molar refractivity (Wildman–Crippen MR) is 75.8 cm³/mol. The van der Waals surface area contributed by atoms with Gasteiger partial charge in [0, 0.05) is 7.05 Å². The molecule has 3 rings (SSSR count). The van der Waals surface area contributed by atoms with Crippen LogP contribution in [0.25, 0.3) is 11.2 Å². The topological polar surface area (TPSA) is 152 Å². The van der Waals surface area contributed by atoms with E-state index in [1.54, 1.807) is 7.05 Å². The van der Waals surface area contributed by atoms with Gasteiger partial charge in [-0.05, 0) is 0 Å². The lowest BCUT2D eigenvalue weighted by Gasteiger charge is -2.16. The van der Waals surface area contributed by atoms with Crippen molar-refractivity contribution in [3.05, 3.63) is 12.2 Å². The van der Waals surface area contributed by atoms with Crippen LogP contribution < -0.4 is 11.1 Å². The Morgan fingerprint density at radius 1 is 1.36 bits per heavy atom. The van der Waals surface area contributed by atoms with Crippen LogP contribution in [0.4, 0.5) is 5.82 Å². The maximum Gasteiger partial charge on any atom is 0.168 e. The third-order valence-corrected chi connectivity index (χ3v) is 3.68. The summed E-state index contributed by atoms with van der Waals surface area (Å²) in [6.07, 6.45) is -2.71. The second kappa shape index (κ2) is 5.74. The first-order valence-corrected chi connectivity index (χ1v) is 6.84. The van der Waals surface area contributed by atoms with Crippen LogP contribution in [0.15, 0.2) is 6.33 Å². The summed E-state index contributed by atoms with van der Waals surface area (Å²) in [7, 11) is 1.70. The number of fused-ring (bicyclic) bond motifs is 1. The van der Waals surface area contributed by atoms with E-state index in [9.17, 15) is 15.3 Å². The molecule has 0 aliphatic carbocycles. The molecule has 3 heterocycles. The Bertz CT molecular complexity index is 677. The second-order valence-corrected chi connectivity index (χ2v) is 5.00. The Morgan fingerprint density at radius 2 is 2.14 bits per heavy atom. The van der Waals surface area contributed by atoms with Gasteiger partial charge >= 0.3 is 0 Å². The zero-order chi connectivity index (χ0) is 15.9. The monoisotopic (exact) mass is 310 g/mol. The van der Waals surface area contributed by atoms with Gasteiger partial charge in [0.1, 0.15) is 24.1 Å². The number of aromatic nitrogens is 4. The van der Waals surface area contributed by atoms with E-state index in [-0.39, 0.29) is 6.54 Å². The van der Waals surface area contributed by atoms with E-state index in [1.807, 2.05) is 0 Å². The van der Waals surface area contributed by atoms with Gasteiger partial charge in [0.2, 0.25) is 0 Å². The van der Waals surface area contributed by atoms with Crippen LogP contribution >= 0.6 is 0 Å². The fourth-order valence-corrected chi connectivity index (χ4v) is 2.52. The molecule has 1 aliphatic heterocycles. The van der Waals surface area contributed by atoms with Crippen molar-refractivity contribution in [3.63, 3.8) is 0 Å². The predicted octanol–water partition coefficient (Wildman–Crippen LogP) is -2.06. The molecule has 4 atom stereocenters. The number of aliphatic hydroxyl groups excluding tert-OH is 3. The van der Waals surface area contributed by atoms with E-state index in [0.29, 0.717) is 22.8 Å². The first-order chi connectivity index (χ1) is 10.6. The lowest BCUT2D eigenvalue weighted by atomic mass is 10.1. The van der Waals surface area contributed by atoms with E-state index in [2.05, 4.69) is 20.3 Å². The molecule has 1 unspecified atom stereocenters. The Morgan fingerprint density at radius 3 is 2.73 bits per heavy atom. The number of nitrogens with one attached hydrogen (secondary N) is 1. The number of rotatable bonds is 4. The summed E-state index contributed by atoms with van der Waals surface area (Å²) in [4.78, 5) is 12.8. The summed E-state index contributed by atoms with van der Waals surface area (Å²) < 4.78 is 7.00. The number of hydrogen-bond donors (Lipinski definition) is 5. The first kappa shape index (κ1) is 15.1. The molecular weight excluding hydrogens is 292 g/mol. The average Bonchev–Trinajstić information content (AvgIpc) is 3.08. The van der Waals surface area contributed by atoms with E-state index in [1.165, 1.54) is 10.9 Å². The van der Waals surface area contributed by atoms with Crippen LogP contribution in [0.5, 0.6) is 0 Å². The van der Waals surface area contributed by atoms with Crippen LogP contribution in [0.2, 0.25) is 0 Å². The molecule has 1 fully saturated rings. The van der Waals surface area contributed by atoms with Gasteiger partial charge in [-0.15, -0.1) is 0 Å². The summed E-state index contributed by atoms with van der Waals surface area (Å²) in [5.41, 5.74) is 6.52. The molecule has 0 aromatic carbocycles. The van der Waals surface area contributed by atoms with Gasteiger partial charge in [-0.3, -0.25) is 4.57 Å². The maximum atomic E-state index is 10.1. The van der Waals surface area contributed by atoms with Crippen molar-refractivity contribution in [1.82, 2.24) is 19.5 Å². The Hall–Kier alpha value is -1.85. The molecule has 0 amide bonds. The fraction of sp³-hybridized carbons (Fsp3) is 0.583. The summed E-state index contributed by atoms with van der Waals surface area (Å²) >= 11 is 0. The molecule has 1 saturated heterocycles. The van der Waals surface area contributed by atoms with Crippen LogP contribution in [0.3, 0.4) is 0 Å². The highest BCUT2D eigenvalue weighted by molar-refractivity contribution is 5.83. The molecule has 0 radical (unpaired) electrons. The summed E-state index contributed by atoms with van der Waals surface area (Å²) in [6.45, 7) is -0.252. The first-order valence-electron chi connectivity index (χ1n) is 6.84. The minimum Gasteiger partial charge on any atom is -0.394 e. The van der Waals surface area contributed by atoms with Crippen molar-refractivity contribution < 1.29 is 20.1 Å². The number of ether oxygens (including phenoxy) is 1. The third kappa shape index (κ3) is 2.21. The van der Waals surface area contributed by atoms with Gasteiger partial charge in [-0.25, -0.2) is 15.0 Å². The molecule has 1 aliphatic rings. The minimum absolute atomic E-state index is 0.145. The molecule has 0 bridgehead atoms. The molecule has 10 nitrogen and oxygen atoms in total. The molecular formula is C12H18N6O4. The standard InChI is InChI=1S/C12H18N6O4/c1-14-10-7-11(17-6(2-13)16-10)18(4-15-7)12-9(21)8(20)5(3-19)22-12/h4-5,8-9,12,19-21H,2-3,13H2,1H3,(H,14,16,17)/t5-,8-,9-,12?/m1/s1. The van der Waals surface area contributed by atoms with Crippen molar-refractivity contribution in [2.24, 2.45) is 5.73 Å². The lowest BCUT2D eigenvalue weighted by Crippen LogP contribution is -2.33. The van der Waals surface area contributed by atoms with Gasteiger partial charge in [-0.2, -0.15) is 0 Å². The Labute approximate surface area is 125 Å². The van der Waals surface area contributed by atoms with Crippen molar-refractivity contribution in [2.45, 2.75) is 31.1 Å². The number of imidazole rings is 1. The van der Waals surface area contributed by atoms with Gasteiger partial charge in [0.15, 0.2) is 23.2 Å². The molecule has 0 spiro atoms. The molecule has 0 saturated carbocycles. The summed E-state index contributed by atoms with van der Waals surface area (Å²) in [6, 6.07) is 0. The maximum absolute atomic E-state index is 10.1. The van der Waals surface area contributed by atoms with Crippen LogP contribution in [0.1, 0.15) is 12.1 Å². The fourth-order valence-electron chi connectivity index (χ4n) is 2.52. The molecule has 120 valence electrons. The van der Waals surface area contributed by atoms with Crippen LogP contribution in [0, 0.1) is 0 Å².